The van der Waals surface area contributed by atoms with Gasteiger partial charge in [0.2, 0.25) is 11.7 Å². The first-order valence-electron chi connectivity index (χ1n) is 26.5. The van der Waals surface area contributed by atoms with E-state index in [-0.39, 0.29) is 53.9 Å². The fourth-order valence-corrected chi connectivity index (χ4v) is 10.6. The first-order valence-corrected chi connectivity index (χ1v) is 26.5. The fourth-order valence-electron chi connectivity index (χ4n) is 10.6. The van der Waals surface area contributed by atoms with E-state index in [9.17, 15) is 62.1 Å². The monoisotopic (exact) mass is 1140 g/mol. The van der Waals surface area contributed by atoms with Crippen molar-refractivity contribution in [3.05, 3.63) is 106 Å². The molecule has 0 saturated carbocycles. The van der Waals surface area contributed by atoms with Crippen LogP contribution in [0.5, 0.6) is 11.5 Å². The lowest BCUT2D eigenvalue weighted by Gasteiger charge is -2.41. The first kappa shape index (κ1) is 61.9. The SMILES string of the molecule is CC(=O)O[C@H]1[C@H](C)[C@H](O)[C@H](C)[C@@H](O)[C@@H](C(C)OC(=O)C(C)(C)CC(=O)NCc2cccc(C(F)(F)F)c2)/C=C/C=C(/C)C(=O)NC2=CC(=O)c3c(c(O)c(C)c4c3C(=O)[C@@](C)(O/C=C/[C@H](O[C@H]3C[C@@H]5OCO[C@@H]5[C@@H](C)O3)[C@H]1C)O4)C2=O. The second kappa shape index (κ2) is 24.4. The van der Waals surface area contributed by atoms with Gasteiger partial charge in [0.05, 0.1) is 70.1 Å². The maximum absolute atomic E-state index is 14.4. The Hall–Kier alpha value is -6.76. The summed E-state index contributed by atoms with van der Waals surface area (Å²) < 4.78 is 88.4. The van der Waals surface area contributed by atoms with Crippen LogP contribution < -0.4 is 15.4 Å². The topological polar surface area (TPSA) is 278 Å². The number of rotatable bonds is 10. The average molecular weight is 1140 g/mol. The number of aromatic hydroxyl groups is 1. The highest BCUT2D eigenvalue weighted by molar-refractivity contribution is 6.30. The van der Waals surface area contributed by atoms with Crippen molar-refractivity contribution in [1.82, 2.24) is 10.6 Å². The minimum Gasteiger partial charge on any atom is -0.507 e. The zero-order valence-corrected chi connectivity index (χ0v) is 46.7. The van der Waals surface area contributed by atoms with Gasteiger partial charge in [0, 0.05) is 74.1 Å². The minimum absolute atomic E-state index is 0.0307. The number of aliphatic hydroxyl groups excluding tert-OH is 2. The van der Waals surface area contributed by atoms with E-state index >= 15 is 0 Å². The molecule has 5 N–H and O–H groups in total. The summed E-state index contributed by atoms with van der Waals surface area (Å²) in [7, 11) is 0. The third-order valence-corrected chi connectivity index (χ3v) is 15.5. The van der Waals surface area contributed by atoms with E-state index in [2.05, 4.69) is 10.6 Å². The normalized spacial score (nSPS) is 32.0. The zero-order valence-electron chi connectivity index (χ0n) is 46.7. The van der Waals surface area contributed by atoms with Crippen LogP contribution in [0.1, 0.15) is 130 Å². The summed E-state index contributed by atoms with van der Waals surface area (Å²) in [5, 5.41) is 41.0. The van der Waals surface area contributed by atoms with Crippen molar-refractivity contribution in [2.24, 2.45) is 29.1 Å². The maximum atomic E-state index is 14.4. The van der Waals surface area contributed by atoms with Gasteiger partial charge in [-0.25, -0.2) is 0 Å². The molecule has 23 heteroatoms. The van der Waals surface area contributed by atoms with E-state index in [0.717, 1.165) is 31.4 Å². The lowest BCUT2D eigenvalue weighted by atomic mass is 9.77. The van der Waals surface area contributed by atoms with Crippen molar-refractivity contribution in [2.45, 2.75) is 163 Å². The molecule has 2 aromatic carbocycles. The standard InChI is InChI=1S/C58H69F3N2O18/c1-26-14-12-17-36(31(6)78-55(73)56(9,10)23-41(66)62-24-34-15-13-16-35(20-34)58(59,60)61)47(68)28(3)46(67)29(4)50(79-33(8)64)27(2)39(80-42-22-40-52(32(7)77-42)75-25-74-40)18-19-76-57(11)53(71)45-43-38(65)21-37(63-54(26)72)49(70)44(43)48(69)30(5)51(45)81-57/h12-21,27-29,31-32,36,39-40,42,46-47,50,52,67-69H,22-25H2,1-11H3,(H,62,66)(H,63,72)/b17-12+,19-18+,26-14-/t27-,28+,29-,31?,32-,36-,39+,40+,42+,46-,47-,50-,52-,57+/m1/s1. The van der Waals surface area contributed by atoms with Crippen LogP contribution in [0.2, 0.25) is 0 Å². The van der Waals surface area contributed by atoms with Crippen LogP contribution in [0, 0.1) is 36.0 Å². The molecule has 440 valence electrons. The van der Waals surface area contributed by atoms with Crippen LogP contribution in [0.4, 0.5) is 13.2 Å². The average Bonchev–Trinajstić information content (AvgIpc) is 3.83. The molecule has 5 bridgehead atoms. The van der Waals surface area contributed by atoms with Gasteiger partial charge < -0.3 is 63.8 Å². The summed E-state index contributed by atoms with van der Waals surface area (Å²) in [5.41, 5.74) is -4.36. The van der Waals surface area contributed by atoms with Crippen LogP contribution in [-0.2, 0) is 65.1 Å². The summed E-state index contributed by atoms with van der Waals surface area (Å²) in [5.74, 6) is -13.5. The number of halogens is 3. The molecule has 1 unspecified atom stereocenters. The lowest BCUT2D eigenvalue weighted by Crippen LogP contribution is -2.50. The number of aliphatic hydroxyl groups is 2. The van der Waals surface area contributed by atoms with Crippen molar-refractivity contribution in [2.75, 3.05) is 6.79 Å². The van der Waals surface area contributed by atoms with Crippen molar-refractivity contribution >= 4 is 41.1 Å². The number of alkyl halides is 3. The third kappa shape index (κ3) is 13.3. The van der Waals surface area contributed by atoms with Crippen LogP contribution in [0.3, 0.4) is 0 Å². The number of esters is 2. The highest BCUT2D eigenvalue weighted by Crippen LogP contribution is 2.48. The number of Topliss-reactive ketones (excluding diaryl/α,β-unsaturated/α-hetero) is 2. The van der Waals surface area contributed by atoms with Gasteiger partial charge in [0.15, 0.2) is 12.1 Å². The van der Waals surface area contributed by atoms with E-state index in [4.69, 9.17) is 37.9 Å². The smallest absolute Gasteiger partial charge is 0.416 e. The Morgan fingerprint density at radius 1 is 0.951 bits per heavy atom. The number of carbonyl (C=O) groups is 7. The lowest BCUT2D eigenvalue weighted by molar-refractivity contribution is -0.246. The molecule has 14 atom stereocenters. The Bertz CT molecular complexity index is 2950. The summed E-state index contributed by atoms with van der Waals surface area (Å²) in [6, 6.07) is 4.39. The van der Waals surface area contributed by atoms with Crippen LogP contribution in [0.15, 0.2) is 72.2 Å². The van der Waals surface area contributed by atoms with Crippen molar-refractivity contribution in [1.29, 1.82) is 0 Å². The molecule has 1 aliphatic carbocycles. The molecular formula is C58H69F3N2O18. The van der Waals surface area contributed by atoms with Gasteiger partial charge in [-0.1, -0.05) is 51.1 Å². The van der Waals surface area contributed by atoms with E-state index in [1.807, 2.05) is 0 Å². The summed E-state index contributed by atoms with van der Waals surface area (Å²) in [6.07, 6.45) is -6.53. The molecule has 8 rings (SSSR count). The Morgan fingerprint density at radius 2 is 1.65 bits per heavy atom. The second-order valence-corrected chi connectivity index (χ2v) is 22.1. The number of phenols is 1. The predicted molar refractivity (Wildman–Crippen MR) is 278 cm³/mol. The Morgan fingerprint density at radius 3 is 2.33 bits per heavy atom. The molecule has 6 aliphatic rings. The van der Waals surface area contributed by atoms with Crippen molar-refractivity contribution in [3.8, 4) is 11.5 Å². The van der Waals surface area contributed by atoms with Gasteiger partial charge in [0.1, 0.15) is 36.6 Å². The number of amides is 2. The molecule has 0 aromatic heterocycles. The summed E-state index contributed by atoms with van der Waals surface area (Å²) in [6.45, 7) is 15.7. The fraction of sp³-hybridized carbons (Fsp3) is 0.534. The number of fused-ring (bicyclic) bond motifs is 15. The van der Waals surface area contributed by atoms with Crippen LogP contribution in [-0.4, -0.2) is 124 Å². The summed E-state index contributed by atoms with van der Waals surface area (Å²) in [4.78, 5) is 96.3. The van der Waals surface area contributed by atoms with E-state index in [0.29, 0.717) is 0 Å². The molecule has 2 saturated heterocycles. The maximum Gasteiger partial charge on any atom is 0.416 e. The van der Waals surface area contributed by atoms with Gasteiger partial charge in [-0.2, -0.15) is 13.2 Å². The van der Waals surface area contributed by atoms with Crippen LogP contribution in [0.25, 0.3) is 0 Å². The number of benzene rings is 2. The molecule has 2 aromatic rings. The highest BCUT2D eigenvalue weighted by Gasteiger charge is 2.52. The predicted octanol–water partition coefficient (Wildman–Crippen LogP) is 6.54. The Balaban J connectivity index is 1.23. The molecule has 20 nitrogen and oxygen atoms in total. The third-order valence-electron chi connectivity index (χ3n) is 15.5. The molecule has 0 spiro atoms. The van der Waals surface area contributed by atoms with E-state index in [1.165, 1.54) is 84.9 Å². The quantitative estimate of drug-likeness (QED) is 0.158. The number of carbonyl (C=O) groups excluding carboxylic acids is 7. The molecule has 2 amide bonds. The molecule has 5 heterocycles. The van der Waals surface area contributed by atoms with Gasteiger partial charge in [-0.05, 0) is 65.3 Å². The van der Waals surface area contributed by atoms with Crippen molar-refractivity contribution in [3.63, 3.8) is 0 Å². The number of hydrogen-bond acceptors (Lipinski definition) is 18. The van der Waals surface area contributed by atoms with Gasteiger partial charge in [-0.15, -0.1) is 0 Å². The number of ketones is 3. The first-order chi connectivity index (χ1) is 37.8. The number of phenolic OH excluding ortho intramolecular Hbond substituents is 1. The zero-order chi connectivity index (χ0) is 59.8. The number of nitrogens with one attached hydrogen (secondary N) is 2. The Labute approximate surface area is 466 Å². The van der Waals surface area contributed by atoms with Gasteiger partial charge in [-0.3, -0.25) is 33.6 Å². The van der Waals surface area contributed by atoms with Gasteiger partial charge >= 0.3 is 23.9 Å². The van der Waals surface area contributed by atoms with Gasteiger partial charge in [0.25, 0.3) is 11.7 Å². The molecule has 5 aliphatic heterocycles. The number of allylic oxidation sites excluding steroid dienone is 4. The molecule has 81 heavy (non-hydrogen) atoms. The second-order valence-electron chi connectivity index (χ2n) is 22.1. The largest absolute Gasteiger partial charge is 0.507 e. The molecular weight excluding hydrogens is 1070 g/mol. The highest BCUT2D eigenvalue weighted by atomic mass is 19.4. The molecule has 2 fully saturated rings. The Kier molecular flexibility index (Phi) is 18.6. The minimum atomic E-state index is -4.61. The van der Waals surface area contributed by atoms with Crippen molar-refractivity contribution < 1.29 is 99.9 Å². The van der Waals surface area contributed by atoms with E-state index < -0.39 is 166 Å². The number of ether oxygens (including phenoxy) is 8. The summed E-state index contributed by atoms with van der Waals surface area (Å²) >= 11 is 0. The van der Waals surface area contributed by atoms with Crippen LogP contribution >= 0.6 is 0 Å². The number of hydrogen-bond donors (Lipinski definition) is 5. The molecule has 0 radical (unpaired) electrons. The van der Waals surface area contributed by atoms with E-state index in [1.54, 1.807) is 20.8 Å².